The molecule has 4 N–H and O–H groups in total. The lowest BCUT2D eigenvalue weighted by Crippen LogP contribution is -2.54. The molecule has 29 heavy (non-hydrogen) atoms. The Balaban J connectivity index is 2.77. The normalized spacial score (nSPS) is 14.0. The predicted molar refractivity (Wildman–Crippen MR) is 117 cm³/mol. The van der Waals surface area contributed by atoms with Crippen LogP contribution in [0.15, 0.2) is 30.3 Å². The summed E-state index contributed by atoms with van der Waals surface area (Å²) in [6, 6.07) is 7.70. The van der Waals surface area contributed by atoms with Crippen molar-refractivity contribution in [3.8, 4) is 0 Å². The Morgan fingerprint density at radius 2 is 1.66 bits per heavy atom. The molecule has 0 bridgehead atoms. The van der Waals surface area contributed by atoms with Crippen molar-refractivity contribution in [3.63, 3.8) is 0 Å². The van der Waals surface area contributed by atoms with Gasteiger partial charge in [0.15, 0.2) is 8.32 Å². The van der Waals surface area contributed by atoms with Gasteiger partial charge in [-0.2, -0.15) is 0 Å². The Morgan fingerprint density at radius 1 is 1.07 bits per heavy atom. The van der Waals surface area contributed by atoms with Crippen LogP contribution in [0.5, 0.6) is 0 Å². The van der Waals surface area contributed by atoms with Crippen LogP contribution >= 0.6 is 0 Å². The maximum atomic E-state index is 12.8. The summed E-state index contributed by atoms with van der Waals surface area (Å²) < 4.78 is 6.09. The fourth-order valence-electron chi connectivity index (χ4n) is 2.51. The van der Waals surface area contributed by atoms with Gasteiger partial charge in [0.05, 0.1) is 0 Å². The van der Waals surface area contributed by atoms with E-state index in [1.165, 1.54) is 6.92 Å². The fourth-order valence-corrected chi connectivity index (χ4v) is 3.57. The van der Waals surface area contributed by atoms with E-state index < -0.39 is 32.2 Å². The zero-order chi connectivity index (χ0) is 22.2. The van der Waals surface area contributed by atoms with E-state index in [0.717, 1.165) is 5.56 Å². The van der Waals surface area contributed by atoms with Crippen LogP contribution in [0.25, 0.3) is 0 Å². The molecule has 0 aliphatic heterocycles. The number of amides is 3. The van der Waals surface area contributed by atoms with E-state index >= 15 is 0 Å². The number of rotatable bonds is 10. The molecule has 0 fully saturated rings. The van der Waals surface area contributed by atoms with E-state index in [1.54, 1.807) is 0 Å². The van der Waals surface area contributed by atoms with Gasteiger partial charge in [0.25, 0.3) is 0 Å². The third kappa shape index (κ3) is 8.37. The van der Waals surface area contributed by atoms with E-state index in [0.29, 0.717) is 13.0 Å². The van der Waals surface area contributed by atoms with Crippen LogP contribution < -0.4 is 16.4 Å². The highest BCUT2D eigenvalue weighted by molar-refractivity contribution is 6.74. The highest BCUT2D eigenvalue weighted by atomic mass is 28.4. The second-order valence-corrected chi connectivity index (χ2v) is 13.6. The molecule has 0 radical (unpaired) electrons. The molecular formula is C21H35N3O4Si. The number of hydrogen-bond donors (Lipinski definition) is 3. The summed E-state index contributed by atoms with van der Waals surface area (Å²) in [4.78, 5) is 36.2. The van der Waals surface area contributed by atoms with E-state index in [2.05, 4.69) is 44.5 Å². The van der Waals surface area contributed by atoms with Crippen LogP contribution in [0.1, 0.15) is 39.7 Å². The van der Waals surface area contributed by atoms with Crippen molar-refractivity contribution in [2.24, 2.45) is 5.73 Å². The highest BCUT2D eigenvalue weighted by Crippen LogP contribution is 2.36. The zero-order valence-corrected chi connectivity index (χ0v) is 19.4. The summed E-state index contributed by atoms with van der Waals surface area (Å²) in [5.74, 6) is -1.39. The van der Waals surface area contributed by atoms with Gasteiger partial charge >= 0.3 is 0 Å². The number of hydrogen-bond acceptors (Lipinski definition) is 4. The van der Waals surface area contributed by atoms with Crippen molar-refractivity contribution < 1.29 is 18.8 Å². The average Bonchev–Trinajstić information content (AvgIpc) is 2.59. The molecule has 1 aromatic carbocycles. The van der Waals surface area contributed by atoms with Crippen LogP contribution in [0.4, 0.5) is 0 Å². The zero-order valence-electron chi connectivity index (χ0n) is 18.4. The maximum Gasteiger partial charge on any atom is 0.243 e. The Bertz CT molecular complexity index is 702. The molecular weight excluding hydrogens is 386 g/mol. The summed E-state index contributed by atoms with van der Waals surface area (Å²) >= 11 is 0. The second-order valence-electron chi connectivity index (χ2n) is 8.80. The van der Waals surface area contributed by atoms with Gasteiger partial charge in [-0.3, -0.25) is 14.4 Å². The van der Waals surface area contributed by atoms with Gasteiger partial charge < -0.3 is 20.8 Å². The Hall–Kier alpha value is -2.19. The molecule has 1 aromatic rings. The van der Waals surface area contributed by atoms with E-state index in [-0.39, 0.29) is 17.4 Å². The number of nitrogens with one attached hydrogen (secondary N) is 2. The minimum atomic E-state index is -1.96. The molecule has 3 amide bonds. The van der Waals surface area contributed by atoms with Gasteiger partial charge in [0, 0.05) is 20.0 Å². The van der Waals surface area contributed by atoms with Gasteiger partial charge in [0.2, 0.25) is 17.7 Å². The molecule has 0 aromatic heterocycles. The Morgan fingerprint density at radius 3 is 2.14 bits per heavy atom. The van der Waals surface area contributed by atoms with Gasteiger partial charge in [-0.25, -0.2) is 0 Å². The average molecular weight is 422 g/mol. The van der Waals surface area contributed by atoms with Gasteiger partial charge in [0.1, 0.15) is 12.1 Å². The number of carbonyl (C=O) groups excluding carboxylic acids is 3. The van der Waals surface area contributed by atoms with E-state index in [4.69, 9.17) is 10.2 Å². The van der Waals surface area contributed by atoms with Crippen LogP contribution in [-0.2, 0) is 25.2 Å². The first kappa shape index (κ1) is 24.8. The summed E-state index contributed by atoms with van der Waals surface area (Å²) in [6.45, 7) is 12.3. The third-order valence-corrected chi connectivity index (χ3v) is 9.85. The van der Waals surface area contributed by atoms with Crippen molar-refractivity contribution in [1.29, 1.82) is 0 Å². The lowest BCUT2D eigenvalue weighted by Gasteiger charge is -2.36. The highest BCUT2D eigenvalue weighted by Gasteiger charge is 2.37. The van der Waals surface area contributed by atoms with Crippen molar-refractivity contribution in [2.45, 2.75) is 70.8 Å². The predicted octanol–water partition coefficient (Wildman–Crippen LogP) is 2.12. The molecule has 0 aliphatic rings. The van der Waals surface area contributed by atoms with Gasteiger partial charge in [-0.05, 0) is 30.1 Å². The number of nitrogens with two attached hydrogens (primary N) is 1. The van der Waals surface area contributed by atoms with Crippen LogP contribution in [-0.4, -0.2) is 44.7 Å². The third-order valence-electron chi connectivity index (χ3n) is 5.31. The molecule has 7 nitrogen and oxygen atoms in total. The number of benzene rings is 1. The monoisotopic (exact) mass is 421 g/mol. The summed E-state index contributed by atoms with van der Waals surface area (Å²) in [5.41, 5.74) is 6.39. The minimum absolute atomic E-state index is 0.0463. The fraction of sp³-hybridized carbons (Fsp3) is 0.571. The Kier molecular flexibility index (Phi) is 9.03. The first-order chi connectivity index (χ1) is 13.3. The minimum Gasteiger partial charge on any atom is -0.417 e. The molecule has 0 aliphatic carbocycles. The largest absolute Gasteiger partial charge is 0.417 e. The van der Waals surface area contributed by atoms with Crippen LogP contribution in [0.2, 0.25) is 18.1 Å². The molecule has 0 unspecified atom stereocenters. The second kappa shape index (κ2) is 10.5. The molecule has 162 valence electrons. The van der Waals surface area contributed by atoms with Crippen molar-refractivity contribution in [2.75, 3.05) is 6.61 Å². The SMILES string of the molecule is CC(=O)N[C@H](Cc1ccccc1)C(=O)N[C@H](CCO[Si](C)(C)C(C)(C)C)C(N)=O. The molecule has 0 saturated heterocycles. The van der Waals surface area contributed by atoms with Crippen LogP contribution in [0.3, 0.4) is 0 Å². The molecule has 1 rings (SSSR count). The lowest BCUT2D eigenvalue weighted by molar-refractivity contribution is -0.131. The smallest absolute Gasteiger partial charge is 0.243 e. The van der Waals surface area contributed by atoms with Gasteiger partial charge in [-0.1, -0.05) is 51.1 Å². The summed E-state index contributed by atoms with van der Waals surface area (Å²) in [6.07, 6.45) is 0.601. The molecule has 8 heteroatoms. The first-order valence-electron chi connectivity index (χ1n) is 9.88. The first-order valence-corrected chi connectivity index (χ1v) is 12.8. The summed E-state index contributed by atoms with van der Waals surface area (Å²) in [7, 11) is -1.96. The van der Waals surface area contributed by atoms with Gasteiger partial charge in [-0.15, -0.1) is 0 Å². The molecule has 0 saturated carbocycles. The quantitative estimate of drug-likeness (QED) is 0.503. The number of carbonyl (C=O) groups is 3. The standard InChI is InChI=1S/C21H35N3O4Si/c1-15(25)23-18(14-16-10-8-7-9-11-16)20(27)24-17(19(22)26)12-13-28-29(5,6)21(2,3)4/h7-11,17-18H,12-14H2,1-6H3,(H2,22,26)(H,23,25)(H,24,27)/t17-,18-/m1/s1. The van der Waals surface area contributed by atoms with E-state index in [9.17, 15) is 14.4 Å². The summed E-state index contributed by atoms with van der Waals surface area (Å²) in [5, 5.41) is 5.37. The van der Waals surface area contributed by atoms with Crippen LogP contribution in [0, 0.1) is 0 Å². The van der Waals surface area contributed by atoms with E-state index in [1.807, 2.05) is 30.3 Å². The molecule has 2 atom stereocenters. The maximum absolute atomic E-state index is 12.8. The Labute approximate surface area is 174 Å². The van der Waals surface area contributed by atoms with Crippen molar-refractivity contribution >= 4 is 26.0 Å². The number of primary amides is 1. The molecule has 0 heterocycles. The van der Waals surface area contributed by atoms with Crippen molar-refractivity contribution in [1.82, 2.24) is 10.6 Å². The lowest BCUT2D eigenvalue weighted by atomic mass is 10.0. The van der Waals surface area contributed by atoms with Crippen molar-refractivity contribution in [3.05, 3.63) is 35.9 Å². The molecule has 0 spiro atoms. The topological polar surface area (TPSA) is 111 Å².